The Morgan fingerprint density at radius 3 is 2.27 bits per heavy atom. The summed E-state index contributed by atoms with van der Waals surface area (Å²) in [7, 11) is 0. The Labute approximate surface area is 304 Å². The molecule has 1 saturated heterocycles. The average molecular weight is 712 g/mol. The van der Waals surface area contributed by atoms with Gasteiger partial charge in [-0.3, -0.25) is 14.4 Å². The number of aromatic nitrogens is 1. The van der Waals surface area contributed by atoms with Crippen molar-refractivity contribution in [2.45, 2.75) is 78.0 Å². The molecule has 276 valence electrons. The molecule has 0 aliphatic carbocycles. The monoisotopic (exact) mass is 711 g/mol. The molecule has 1 aromatic heterocycles. The van der Waals surface area contributed by atoms with Crippen LogP contribution in [0.5, 0.6) is 0 Å². The van der Waals surface area contributed by atoms with E-state index in [0.29, 0.717) is 35.8 Å². The number of hydrogen-bond acceptors (Lipinski definition) is 8. The number of rotatable bonds is 13. The molecule has 12 nitrogen and oxygen atoms in total. The number of likely N-dealkylation sites (tertiary alicyclic amines) is 1. The van der Waals surface area contributed by atoms with E-state index in [9.17, 15) is 19.2 Å². The van der Waals surface area contributed by atoms with Crippen LogP contribution in [0.25, 0.3) is 11.0 Å². The summed E-state index contributed by atoms with van der Waals surface area (Å²) in [5.74, 6) is -0.440. The summed E-state index contributed by atoms with van der Waals surface area (Å²) >= 11 is 0. The highest BCUT2D eigenvalue weighted by Gasteiger charge is 2.37. The van der Waals surface area contributed by atoms with Gasteiger partial charge in [-0.1, -0.05) is 53.7 Å². The summed E-state index contributed by atoms with van der Waals surface area (Å²) in [6.07, 6.45) is 2.53. The zero-order valence-corrected chi connectivity index (χ0v) is 30.6. The van der Waals surface area contributed by atoms with Crippen molar-refractivity contribution in [1.29, 1.82) is 0 Å². The molecule has 0 radical (unpaired) electrons. The van der Waals surface area contributed by atoms with Gasteiger partial charge >= 0.3 is 6.09 Å². The third-order valence-corrected chi connectivity index (χ3v) is 8.92. The lowest BCUT2D eigenvalue weighted by molar-refractivity contribution is -0.150. The summed E-state index contributed by atoms with van der Waals surface area (Å²) in [6, 6.07) is 24.1. The quantitative estimate of drug-likeness (QED) is 0.149. The second-order valence-electron chi connectivity index (χ2n) is 14.7. The van der Waals surface area contributed by atoms with Crippen LogP contribution < -0.4 is 10.6 Å². The molecule has 52 heavy (non-hydrogen) atoms. The minimum atomic E-state index is -1.35. The largest absolute Gasteiger partial charge is 0.444 e. The van der Waals surface area contributed by atoms with E-state index in [0.717, 1.165) is 42.3 Å². The van der Waals surface area contributed by atoms with E-state index in [1.165, 1.54) is 4.90 Å². The van der Waals surface area contributed by atoms with Crippen molar-refractivity contribution >= 4 is 40.5 Å². The van der Waals surface area contributed by atoms with Crippen LogP contribution in [-0.4, -0.2) is 76.3 Å². The van der Waals surface area contributed by atoms with Crippen LogP contribution >= 0.6 is 0 Å². The van der Waals surface area contributed by atoms with Gasteiger partial charge in [0, 0.05) is 35.8 Å². The lowest BCUT2D eigenvalue weighted by atomic mass is 9.91. The number of carbonyl (C=O) groups is 4. The Bertz CT molecular complexity index is 1830. The Kier molecular flexibility index (Phi) is 12.3. The van der Waals surface area contributed by atoms with E-state index >= 15 is 0 Å². The lowest BCUT2D eigenvalue weighted by Gasteiger charge is -2.36. The maximum atomic E-state index is 13.8. The van der Waals surface area contributed by atoms with Gasteiger partial charge in [0.05, 0.1) is 12.3 Å². The first kappa shape index (κ1) is 38.0. The van der Waals surface area contributed by atoms with Crippen molar-refractivity contribution in [3.05, 3.63) is 95.7 Å². The minimum absolute atomic E-state index is 0.123. The van der Waals surface area contributed by atoms with Crippen molar-refractivity contribution in [2.75, 3.05) is 31.7 Å². The second-order valence-corrected chi connectivity index (χ2v) is 14.7. The molecule has 0 unspecified atom stereocenters. The van der Waals surface area contributed by atoms with Gasteiger partial charge in [0.1, 0.15) is 24.4 Å². The molecule has 1 aliphatic heterocycles. The number of carbonyl (C=O) groups excluding carboxylic acids is 4. The zero-order valence-electron chi connectivity index (χ0n) is 30.6. The SMILES string of the molecule is CC(C)(C)OC(=O)NC(C)(C)C(=O)N(COCc1ccccc1)CC(=O)N1CCC(CCc2noc3cc(NC(=O)c4ccccc4)ccc23)CC1. The van der Waals surface area contributed by atoms with E-state index in [1.54, 1.807) is 57.7 Å². The molecule has 4 aromatic rings. The van der Waals surface area contributed by atoms with Gasteiger partial charge in [-0.15, -0.1) is 0 Å². The molecule has 2 N–H and O–H groups in total. The van der Waals surface area contributed by atoms with Gasteiger partial charge in [0.25, 0.3) is 5.91 Å². The van der Waals surface area contributed by atoms with E-state index in [1.807, 2.05) is 60.7 Å². The summed E-state index contributed by atoms with van der Waals surface area (Å²) in [4.78, 5) is 55.6. The number of benzene rings is 3. The van der Waals surface area contributed by atoms with E-state index in [-0.39, 0.29) is 31.7 Å². The van der Waals surface area contributed by atoms with Crippen molar-refractivity contribution in [1.82, 2.24) is 20.3 Å². The van der Waals surface area contributed by atoms with Gasteiger partial charge in [-0.2, -0.15) is 0 Å². The molecular weight excluding hydrogens is 662 g/mol. The highest BCUT2D eigenvalue weighted by atomic mass is 16.6. The second kappa shape index (κ2) is 16.9. The van der Waals surface area contributed by atoms with E-state index < -0.39 is 23.1 Å². The predicted molar refractivity (Wildman–Crippen MR) is 197 cm³/mol. The first-order valence-corrected chi connectivity index (χ1v) is 17.7. The molecule has 0 saturated carbocycles. The highest BCUT2D eigenvalue weighted by Crippen LogP contribution is 2.27. The topological polar surface area (TPSA) is 143 Å². The fourth-order valence-electron chi connectivity index (χ4n) is 6.15. The van der Waals surface area contributed by atoms with Crippen LogP contribution in [0, 0.1) is 5.92 Å². The van der Waals surface area contributed by atoms with Crippen molar-refractivity contribution in [2.24, 2.45) is 5.92 Å². The van der Waals surface area contributed by atoms with Crippen LogP contribution in [0.15, 0.2) is 83.4 Å². The number of nitrogens with one attached hydrogen (secondary N) is 2. The van der Waals surface area contributed by atoms with Gasteiger partial charge in [-0.05, 0) is 96.0 Å². The molecule has 0 bridgehead atoms. The third-order valence-electron chi connectivity index (χ3n) is 8.92. The Hall–Kier alpha value is -5.23. The predicted octanol–water partition coefficient (Wildman–Crippen LogP) is 6.56. The molecule has 4 amide bonds. The Morgan fingerprint density at radius 1 is 0.923 bits per heavy atom. The molecular formula is C40H49N5O7. The molecule has 5 rings (SSSR count). The molecule has 12 heteroatoms. The number of amides is 4. The number of anilines is 1. The number of hydrogen-bond donors (Lipinski definition) is 2. The minimum Gasteiger partial charge on any atom is -0.444 e. The highest BCUT2D eigenvalue weighted by molar-refractivity contribution is 6.05. The average Bonchev–Trinajstić information content (AvgIpc) is 3.52. The van der Waals surface area contributed by atoms with Gasteiger partial charge < -0.3 is 34.4 Å². The first-order valence-electron chi connectivity index (χ1n) is 17.7. The van der Waals surface area contributed by atoms with Gasteiger partial charge in [0.2, 0.25) is 11.8 Å². The smallest absolute Gasteiger partial charge is 0.408 e. The number of aryl methyl sites for hydroxylation is 1. The molecule has 3 aromatic carbocycles. The fourth-order valence-corrected chi connectivity index (χ4v) is 6.15. The van der Waals surface area contributed by atoms with Gasteiger partial charge in [-0.25, -0.2) is 4.79 Å². The number of piperidine rings is 1. The van der Waals surface area contributed by atoms with Crippen molar-refractivity contribution in [3.63, 3.8) is 0 Å². The molecule has 0 spiro atoms. The summed E-state index contributed by atoms with van der Waals surface area (Å²) in [5.41, 5.74) is 1.52. The van der Waals surface area contributed by atoms with Crippen LogP contribution in [0.2, 0.25) is 0 Å². The Balaban J connectivity index is 1.13. The standard InChI is InChI=1S/C40H49N5O7/c1-39(2,3)51-38(49)42-40(4,5)37(48)45(27-50-26-29-12-8-6-9-13-29)25-35(46)44-22-20-28(21-23-44)16-19-33-32-18-17-31(24-34(32)52-43-33)41-36(47)30-14-10-7-11-15-30/h6-15,17-18,24,28H,16,19-23,25-27H2,1-5H3,(H,41,47)(H,42,49). The zero-order chi connectivity index (χ0) is 37.3. The summed E-state index contributed by atoms with van der Waals surface area (Å²) in [6.45, 7) is 9.50. The van der Waals surface area contributed by atoms with Crippen molar-refractivity contribution < 1.29 is 33.2 Å². The Morgan fingerprint density at radius 2 is 1.60 bits per heavy atom. The van der Waals surface area contributed by atoms with E-state index in [4.69, 9.17) is 14.0 Å². The first-order chi connectivity index (χ1) is 24.8. The van der Waals surface area contributed by atoms with Crippen LogP contribution in [0.1, 0.15) is 75.5 Å². The normalized spacial score (nSPS) is 13.8. The lowest BCUT2D eigenvalue weighted by Crippen LogP contribution is -2.58. The number of alkyl carbamates (subject to hydrolysis) is 1. The number of nitrogens with zero attached hydrogens (tertiary/aromatic N) is 3. The molecule has 0 atom stereocenters. The van der Waals surface area contributed by atoms with Crippen LogP contribution in [0.3, 0.4) is 0 Å². The fraction of sp³-hybridized carbons (Fsp3) is 0.425. The number of ether oxygens (including phenoxy) is 2. The summed E-state index contributed by atoms with van der Waals surface area (Å²) < 4.78 is 16.9. The van der Waals surface area contributed by atoms with Crippen LogP contribution in [0.4, 0.5) is 10.5 Å². The molecule has 1 aliphatic rings. The molecule has 1 fully saturated rings. The maximum Gasteiger partial charge on any atom is 0.408 e. The summed E-state index contributed by atoms with van der Waals surface area (Å²) in [5, 5.41) is 10.8. The van der Waals surface area contributed by atoms with Crippen LogP contribution in [-0.2, 0) is 32.1 Å². The van der Waals surface area contributed by atoms with Gasteiger partial charge in [0.15, 0.2) is 5.58 Å². The number of fused-ring (bicyclic) bond motifs is 1. The van der Waals surface area contributed by atoms with E-state index in [2.05, 4.69) is 15.8 Å². The maximum absolute atomic E-state index is 13.8. The van der Waals surface area contributed by atoms with Crippen molar-refractivity contribution in [3.8, 4) is 0 Å². The third kappa shape index (κ3) is 10.6. The molecule has 2 heterocycles.